The summed E-state index contributed by atoms with van der Waals surface area (Å²) >= 11 is 0. The molecule has 0 bridgehead atoms. The van der Waals surface area contributed by atoms with Crippen molar-refractivity contribution >= 4 is 19.7 Å². The fourth-order valence-electron chi connectivity index (χ4n) is 1.48. The molecule has 0 atom stereocenters. The molecule has 94 valence electrons. The largest absolute Gasteiger partial charge is 0.497 e. The molecule has 1 aromatic carbocycles. The second-order valence-corrected chi connectivity index (χ2v) is 6.11. The monoisotopic (exact) mass is 283 g/mol. The lowest BCUT2D eigenvalue weighted by Gasteiger charge is -2.04. The van der Waals surface area contributed by atoms with Gasteiger partial charge in [0.25, 0.3) is 9.05 Å². The Labute approximate surface area is 110 Å². The van der Waals surface area contributed by atoms with Crippen LogP contribution in [0.25, 0.3) is 11.3 Å². The second-order valence-electron chi connectivity index (χ2n) is 3.55. The molecule has 0 aliphatic rings. The van der Waals surface area contributed by atoms with Gasteiger partial charge >= 0.3 is 0 Å². The van der Waals surface area contributed by atoms with Crippen LogP contribution < -0.4 is 4.74 Å². The molecule has 0 N–H and O–H groups in total. The number of pyridine rings is 1. The molecule has 0 aliphatic carbocycles. The van der Waals surface area contributed by atoms with Crippen molar-refractivity contribution in [1.29, 1.82) is 0 Å². The Kier molecular flexibility index (Phi) is 3.54. The summed E-state index contributed by atoms with van der Waals surface area (Å²) in [7, 11) is 3.07. The van der Waals surface area contributed by atoms with Crippen molar-refractivity contribution < 1.29 is 13.2 Å². The summed E-state index contributed by atoms with van der Waals surface area (Å²) in [6.45, 7) is 0. The average Bonchev–Trinajstić information content (AvgIpc) is 2.38. The molecule has 0 radical (unpaired) electrons. The summed E-state index contributed by atoms with van der Waals surface area (Å²) in [6.07, 6.45) is 1.23. The number of hydrogen-bond acceptors (Lipinski definition) is 4. The van der Waals surface area contributed by atoms with Crippen LogP contribution in [0.4, 0.5) is 0 Å². The summed E-state index contributed by atoms with van der Waals surface area (Å²) in [5.74, 6) is 0.711. The first kappa shape index (κ1) is 12.9. The summed E-state index contributed by atoms with van der Waals surface area (Å²) in [4.78, 5) is 4.05. The molecule has 0 unspecified atom stereocenters. The lowest BCUT2D eigenvalue weighted by Crippen LogP contribution is -1.92. The molecule has 1 heterocycles. The first-order valence-electron chi connectivity index (χ1n) is 5.06. The van der Waals surface area contributed by atoms with Crippen LogP contribution in [0.15, 0.2) is 47.5 Å². The van der Waals surface area contributed by atoms with E-state index in [9.17, 15) is 8.42 Å². The van der Waals surface area contributed by atoms with E-state index in [-0.39, 0.29) is 4.90 Å². The number of aromatic nitrogens is 1. The Bertz CT molecular complexity index is 653. The fraction of sp³-hybridized carbons (Fsp3) is 0.0833. The highest BCUT2D eigenvalue weighted by Crippen LogP contribution is 2.23. The number of hydrogen-bond donors (Lipinski definition) is 0. The van der Waals surface area contributed by atoms with Gasteiger partial charge in [0.05, 0.1) is 12.8 Å². The van der Waals surface area contributed by atoms with Gasteiger partial charge in [0.15, 0.2) is 0 Å². The van der Waals surface area contributed by atoms with Gasteiger partial charge in [0.2, 0.25) is 0 Å². The van der Waals surface area contributed by atoms with E-state index < -0.39 is 9.05 Å². The molecule has 2 rings (SSSR count). The van der Waals surface area contributed by atoms with Crippen LogP contribution in [0.5, 0.6) is 5.75 Å². The molecular weight excluding hydrogens is 274 g/mol. The first-order chi connectivity index (χ1) is 8.50. The van der Waals surface area contributed by atoms with E-state index >= 15 is 0 Å². The zero-order valence-corrected chi connectivity index (χ0v) is 11.1. The third kappa shape index (κ3) is 2.80. The van der Waals surface area contributed by atoms with Gasteiger partial charge in [-0.25, -0.2) is 8.42 Å². The number of ether oxygens (including phenoxy) is 1. The van der Waals surface area contributed by atoms with Crippen LogP contribution in [0.3, 0.4) is 0 Å². The van der Waals surface area contributed by atoms with Crippen LogP contribution >= 0.6 is 10.7 Å². The Morgan fingerprint density at radius 1 is 1.22 bits per heavy atom. The Hall–Kier alpha value is -1.59. The third-order valence-corrected chi connectivity index (χ3v) is 3.72. The van der Waals surface area contributed by atoms with E-state index in [0.29, 0.717) is 11.4 Å². The Morgan fingerprint density at radius 2 is 2.00 bits per heavy atom. The SMILES string of the molecule is COc1cccc(-c2ccc(S(=O)(=O)Cl)cn2)c1. The minimum Gasteiger partial charge on any atom is -0.497 e. The summed E-state index contributed by atoms with van der Waals surface area (Å²) in [5.41, 5.74) is 1.49. The predicted octanol–water partition coefficient (Wildman–Crippen LogP) is 2.68. The van der Waals surface area contributed by atoms with Gasteiger partial charge in [-0.3, -0.25) is 4.98 Å². The maximum absolute atomic E-state index is 11.1. The maximum Gasteiger partial charge on any atom is 0.262 e. The predicted molar refractivity (Wildman–Crippen MR) is 69.3 cm³/mol. The van der Waals surface area contributed by atoms with Gasteiger partial charge in [0, 0.05) is 22.4 Å². The molecule has 4 nitrogen and oxygen atoms in total. The minimum atomic E-state index is -3.73. The van der Waals surface area contributed by atoms with Crippen LogP contribution in [-0.2, 0) is 9.05 Å². The third-order valence-electron chi connectivity index (χ3n) is 2.38. The van der Waals surface area contributed by atoms with Crippen molar-refractivity contribution in [2.45, 2.75) is 4.90 Å². The normalized spacial score (nSPS) is 11.2. The van der Waals surface area contributed by atoms with Crippen molar-refractivity contribution in [3.05, 3.63) is 42.6 Å². The Balaban J connectivity index is 2.40. The van der Waals surface area contributed by atoms with Crippen molar-refractivity contribution in [3.8, 4) is 17.0 Å². The van der Waals surface area contributed by atoms with E-state index in [1.807, 2.05) is 24.3 Å². The molecular formula is C12H10ClNO3S. The zero-order chi connectivity index (χ0) is 13.2. The van der Waals surface area contributed by atoms with E-state index in [2.05, 4.69) is 4.98 Å². The van der Waals surface area contributed by atoms with Crippen molar-refractivity contribution in [3.63, 3.8) is 0 Å². The highest BCUT2D eigenvalue weighted by molar-refractivity contribution is 8.13. The minimum absolute atomic E-state index is 0.0178. The van der Waals surface area contributed by atoms with Crippen LogP contribution in [0.2, 0.25) is 0 Å². The lowest BCUT2D eigenvalue weighted by molar-refractivity contribution is 0.415. The average molecular weight is 284 g/mol. The lowest BCUT2D eigenvalue weighted by atomic mass is 10.1. The molecule has 0 aliphatic heterocycles. The standard InChI is InChI=1S/C12H10ClNO3S/c1-17-10-4-2-3-9(7-10)12-6-5-11(8-14-12)18(13,15)16/h2-8H,1H3. The van der Waals surface area contributed by atoms with E-state index in [1.54, 1.807) is 13.2 Å². The second kappa shape index (κ2) is 4.96. The van der Waals surface area contributed by atoms with Gasteiger partial charge in [-0.2, -0.15) is 0 Å². The molecule has 0 saturated heterocycles. The van der Waals surface area contributed by atoms with E-state index in [0.717, 1.165) is 5.56 Å². The highest BCUT2D eigenvalue weighted by atomic mass is 35.7. The zero-order valence-electron chi connectivity index (χ0n) is 9.50. The highest BCUT2D eigenvalue weighted by Gasteiger charge is 2.10. The first-order valence-corrected chi connectivity index (χ1v) is 7.37. The van der Waals surface area contributed by atoms with Crippen LogP contribution in [0.1, 0.15) is 0 Å². The van der Waals surface area contributed by atoms with Gasteiger partial charge < -0.3 is 4.74 Å². The number of halogens is 1. The van der Waals surface area contributed by atoms with E-state index in [4.69, 9.17) is 15.4 Å². The molecule has 18 heavy (non-hydrogen) atoms. The van der Waals surface area contributed by atoms with Crippen LogP contribution in [-0.4, -0.2) is 20.5 Å². The number of rotatable bonds is 3. The molecule has 0 fully saturated rings. The molecule has 0 amide bonds. The smallest absolute Gasteiger partial charge is 0.262 e. The molecule has 1 aromatic heterocycles. The summed E-state index contributed by atoms with van der Waals surface area (Å²) in [5, 5.41) is 0. The Morgan fingerprint density at radius 3 is 2.56 bits per heavy atom. The summed E-state index contributed by atoms with van der Waals surface area (Å²) < 4.78 is 27.3. The molecule has 6 heteroatoms. The maximum atomic E-state index is 11.1. The molecule has 0 spiro atoms. The molecule has 0 saturated carbocycles. The van der Waals surface area contributed by atoms with Gasteiger partial charge in [-0.15, -0.1) is 0 Å². The van der Waals surface area contributed by atoms with Crippen molar-refractivity contribution in [2.24, 2.45) is 0 Å². The van der Waals surface area contributed by atoms with Crippen molar-refractivity contribution in [1.82, 2.24) is 4.98 Å². The topological polar surface area (TPSA) is 56.3 Å². The fourth-order valence-corrected chi connectivity index (χ4v) is 2.16. The van der Waals surface area contributed by atoms with Gasteiger partial charge in [-0.05, 0) is 24.3 Å². The number of benzene rings is 1. The number of methoxy groups -OCH3 is 1. The van der Waals surface area contributed by atoms with E-state index in [1.165, 1.54) is 12.3 Å². The summed E-state index contributed by atoms with van der Waals surface area (Å²) in [6, 6.07) is 10.4. The quantitative estimate of drug-likeness (QED) is 0.813. The van der Waals surface area contributed by atoms with Crippen molar-refractivity contribution in [2.75, 3.05) is 7.11 Å². The van der Waals surface area contributed by atoms with Gasteiger partial charge in [-0.1, -0.05) is 12.1 Å². The van der Waals surface area contributed by atoms with Crippen LogP contribution in [0, 0.1) is 0 Å². The number of nitrogens with zero attached hydrogens (tertiary/aromatic N) is 1. The molecule has 2 aromatic rings. The van der Waals surface area contributed by atoms with Gasteiger partial charge in [0.1, 0.15) is 10.6 Å².